The van der Waals surface area contributed by atoms with Crippen LogP contribution >= 0.6 is 0 Å². The topological polar surface area (TPSA) is 26.3 Å². The van der Waals surface area contributed by atoms with Gasteiger partial charge in [0, 0.05) is 5.41 Å². The van der Waals surface area contributed by atoms with Gasteiger partial charge in [0.25, 0.3) is 0 Å². The van der Waals surface area contributed by atoms with Crippen molar-refractivity contribution in [1.29, 1.82) is 0 Å². The lowest BCUT2D eigenvalue weighted by Crippen LogP contribution is -2.28. The molecule has 2 nitrogen and oxygen atoms in total. The van der Waals surface area contributed by atoms with Crippen LogP contribution in [0.25, 0.3) is 0 Å². The highest BCUT2D eigenvalue weighted by molar-refractivity contribution is 6.03. The van der Waals surface area contributed by atoms with Crippen molar-refractivity contribution >= 4 is 5.78 Å². The summed E-state index contributed by atoms with van der Waals surface area (Å²) < 4.78 is 5.64. The van der Waals surface area contributed by atoms with E-state index in [-0.39, 0.29) is 5.41 Å². The number of Topliss-reactive ketones (excluding diaryl/α,β-unsaturated/α-hetero) is 1. The summed E-state index contributed by atoms with van der Waals surface area (Å²) in [6, 6.07) is 5.93. The summed E-state index contributed by atoms with van der Waals surface area (Å²) in [5.74, 6) is 1.04. The summed E-state index contributed by atoms with van der Waals surface area (Å²) in [5.41, 5.74) is 1.77. The molecule has 0 heterocycles. The third-order valence-electron chi connectivity index (χ3n) is 4.40. The molecule has 0 saturated heterocycles. The highest BCUT2D eigenvalue weighted by atomic mass is 16.5. The van der Waals surface area contributed by atoms with E-state index in [2.05, 4.69) is 6.92 Å². The number of ketones is 1. The van der Waals surface area contributed by atoms with Crippen LogP contribution in [0.2, 0.25) is 0 Å². The molecule has 19 heavy (non-hydrogen) atoms. The molecule has 2 heteroatoms. The van der Waals surface area contributed by atoms with Gasteiger partial charge in [0.1, 0.15) is 5.75 Å². The van der Waals surface area contributed by atoms with E-state index in [9.17, 15) is 4.79 Å². The molecule has 1 saturated carbocycles. The van der Waals surface area contributed by atoms with Crippen molar-refractivity contribution in [3.8, 4) is 5.75 Å². The van der Waals surface area contributed by atoms with Gasteiger partial charge in [-0.3, -0.25) is 4.79 Å². The fourth-order valence-corrected chi connectivity index (χ4v) is 3.18. The van der Waals surface area contributed by atoms with E-state index in [1.807, 2.05) is 32.0 Å². The van der Waals surface area contributed by atoms with Crippen LogP contribution in [0, 0.1) is 12.3 Å². The minimum Gasteiger partial charge on any atom is -0.493 e. The fourth-order valence-electron chi connectivity index (χ4n) is 3.18. The lowest BCUT2D eigenvalue weighted by atomic mass is 9.76. The maximum atomic E-state index is 13.0. The third-order valence-corrected chi connectivity index (χ3v) is 4.40. The Morgan fingerprint density at radius 2 is 1.95 bits per heavy atom. The van der Waals surface area contributed by atoms with Crippen molar-refractivity contribution in [1.82, 2.24) is 0 Å². The summed E-state index contributed by atoms with van der Waals surface area (Å²) in [4.78, 5) is 13.0. The minimum atomic E-state index is -0.139. The average molecular weight is 260 g/mol. The first-order valence-electron chi connectivity index (χ1n) is 7.41. The zero-order valence-electron chi connectivity index (χ0n) is 12.3. The molecule has 104 valence electrons. The van der Waals surface area contributed by atoms with E-state index in [0.29, 0.717) is 12.4 Å². The lowest BCUT2D eigenvalue weighted by molar-refractivity contribution is 0.0787. The second kappa shape index (κ2) is 5.77. The molecule has 0 N–H and O–H groups in total. The molecule has 0 bridgehead atoms. The third kappa shape index (κ3) is 2.68. The summed E-state index contributed by atoms with van der Waals surface area (Å²) >= 11 is 0. The lowest BCUT2D eigenvalue weighted by Gasteiger charge is -2.26. The Bertz CT molecular complexity index is 456. The van der Waals surface area contributed by atoms with Crippen molar-refractivity contribution in [2.24, 2.45) is 5.41 Å². The van der Waals surface area contributed by atoms with Crippen LogP contribution in [-0.4, -0.2) is 12.4 Å². The first-order chi connectivity index (χ1) is 9.13. The quantitative estimate of drug-likeness (QED) is 0.726. The molecule has 0 amide bonds. The van der Waals surface area contributed by atoms with Crippen molar-refractivity contribution < 1.29 is 9.53 Å². The summed E-state index contributed by atoms with van der Waals surface area (Å²) in [5, 5.41) is 0. The van der Waals surface area contributed by atoms with Crippen molar-refractivity contribution in [2.75, 3.05) is 6.61 Å². The smallest absolute Gasteiger partial charge is 0.172 e. The van der Waals surface area contributed by atoms with Crippen LogP contribution in [0.15, 0.2) is 18.2 Å². The second-order valence-electron chi connectivity index (χ2n) is 5.60. The molecule has 2 rings (SSSR count). The van der Waals surface area contributed by atoms with Crippen molar-refractivity contribution in [3.05, 3.63) is 29.3 Å². The van der Waals surface area contributed by atoms with Crippen LogP contribution in [0.5, 0.6) is 5.75 Å². The summed E-state index contributed by atoms with van der Waals surface area (Å²) in [6.45, 7) is 6.72. The zero-order valence-corrected chi connectivity index (χ0v) is 12.3. The molecule has 1 fully saturated rings. The normalized spacial score (nSPS) is 17.4. The highest BCUT2D eigenvalue weighted by Crippen LogP contribution is 2.44. The number of aryl methyl sites for hydroxylation is 1. The molecule has 0 spiro atoms. The van der Waals surface area contributed by atoms with E-state index in [0.717, 1.165) is 36.1 Å². The Balaban J connectivity index is 2.39. The monoisotopic (exact) mass is 260 g/mol. The number of ether oxygens (including phenoxy) is 1. The molecule has 1 aromatic rings. The van der Waals surface area contributed by atoms with Crippen LogP contribution in [0.1, 0.15) is 61.9 Å². The molecule has 0 aliphatic heterocycles. The molecule has 1 aliphatic rings. The van der Waals surface area contributed by atoms with E-state index in [1.165, 1.54) is 12.8 Å². The Morgan fingerprint density at radius 3 is 2.53 bits per heavy atom. The van der Waals surface area contributed by atoms with E-state index in [1.54, 1.807) is 0 Å². The van der Waals surface area contributed by atoms with Crippen molar-refractivity contribution in [3.63, 3.8) is 0 Å². The molecule has 0 radical (unpaired) electrons. The van der Waals surface area contributed by atoms with Gasteiger partial charge in [-0.05, 0) is 45.2 Å². The van der Waals surface area contributed by atoms with Crippen LogP contribution in [0.4, 0.5) is 0 Å². The van der Waals surface area contributed by atoms with Gasteiger partial charge in [-0.25, -0.2) is 0 Å². The number of rotatable bonds is 5. The molecule has 0 atom stereocenters. The number of hydrogen-bond donors (Lipinski definition) is 0. The molecular weight excluding hydrogens is 236 g/mol. The molecule has 1 aliphatic carbocycles. The van der Waals surface area contributed by atoms with Gasteiger partial charge >= 0.3 is 0 Å². The van der Waals surface area contributed by atoms with Gasteiger partial charge in [0.15, 0.2) is 5.78 Å². The summed E-state index contributed by atoms with van der Waals surface area (Å²) in [7, 11) is 0. The number of carbonyl (C=O) groups excluding carboxylic acids is 1. The Labute approximate surface area is 116 Å². The predicted molar refractivity (Wildman–Crippen MR) is 77.9 cm³/mol. The van der Waals surface area contributed by atoms with Crippen LogP contribution < -0.4 is 4.74 Å². The molecular formula is C17H24O2. The molecule has 0 unspecified atom stereocenters. The molecule has 1 aromatic carbocycles. The average Bonchev–Trinajstić information content (AvgIpc) is 2.90. The predicted octanol–water partition coefficient (Wildman–Crippen LogP) is 4.55. The summed E-state index contributed by atoms with van der Waals surface area (Å²) in [6.07, 6.45) is 5.35. The van der Waals surface area contributed by atoms with Gasteiger partial charge < -0.3 is 4.74 Å². The van der Waals surface area contributed by atoms with E-state index >= 15 is 0 Å². The van der Waals surface area contributed by atoms with Gasteiger partial charge in [-0.2, -0.15) is 0 Å². The first-order valence-corrected chi connectivity index (χ1v) is 7.41. The van der Waals surface area contributed by atoms with Crippen LogP contribution in [-0.2, 0) is 0 Å². The zero-order chi connectivity index (χ0) is 13.9. The largest absolute Gasteiger partial charge is 0.493 e. The van der Waals surface area contributed by atoms with Gasteiger partial charge in [0.05, 0.1) is 12.2 Å². The fraction of sp³-hybridized carbons (Fsp3) is 0.588. The minimum absolute atomic E-state index is 0.139. The number of carbonyl (C=O) groups is 1. The SMILES string of the molecule is CCOc1ccc(C)cc1C(=O)C1(CC)CCCC1. The second-order valence-corrected chi connectivity index (χ2v) is 5.60. The Morgan fingerprint density at radius 1 is 1.26 bits per heavy atom. The van der Waals surface area contributed by atoms with Gasteiger partial charge in [0.2, 0.25) is 0 Å². The highest BCUT2D eigenvalue weighted by Gasteiger charge is 2.40. The van der Waals surface area contributed by atoms with E-state index in [4.69, 9.17) is 4.74 Å². The standard InChI is InChI=1S/C17H24O2/c1-4-17(10-6-7-11-17)16(18)14-12-13(3)8-9-15(14)19-5-2/h8-9,12H,4-7,10-11H2,1-3H3. The van der Waals surface area contributed by atoms with Gasteiger partial charge in [-0.15, -0.1) is 0 Å². The van der Waals surface area contributed by atoms with Crippen LogP contribution in [0.3, 0.4) is 0 Å². The van der Waals surface area contributed by atoms with Crippen molar-refractivity contribution in [2.45, 2.75) is 52.9 Å². The maximum absolute atomic E-state index is 13.0. The molecule has 0 aromatic heterocycles. The first kappa shape index (κ1) is 14.1. The maximum Gasteiger partial charge on any atom is 0.172 e. The Hall–Kier alpha value is -1.31. The number of benzene rings is 1. The Kier molecular flexibility index (Phi) is 4.28. The number of hydrogen-bond acceptors (Lipinski definition) is 2. The van der Waals surface area contributed by atoms with E-state index < -0.39 is 0 Å². The van der Waals surface area contributed by atoms with Gasteiger partial charge in [-0.1, -0.05) is 31.4 Å².